The number of methoxy groups -OCH3 is 1. The Bertz CT molecular complexity index is 1100. The van der Waals surface area contributed by atoms with Crippen LogP contribution in [0.3, 0.4) is 0 Å². The molecule has 9 heteroatoms. The first kappa shape index (κ1) is 22.3. The molecule has 1 heterocycles. The van der Waals surface area contributed by atoms with Crippen LogP contribution in [0.2, 0.25) is 0 Å². The Morgan fingerprint density at radius 2 is 1.68 bits per heavy atom. The van der Waals surface area contributed by atoms with Gasteiger partial charge >= 0.3 is 0 Å². The second-order valence-corrected chi connectivity index (χ2v) is 9.03. The van der Waals surface area contributed by atoms with Crippen LogP contribution in [-0.4, -0.2) is 56.8 Å². The molecule has 0 bridgehead atoms. The average Bonchev–Trinajstić information content (AvgIpc) is 2.78. The van der Waals surface area contributed by atoms with Crippen LogP contribution in [0.4, 0.5) is 5.69 Å². The van der Waals surface area contributed by atoms with Crippen molar-refractivity contribution in [2.24, 2.45) is 0 Å². The third-order valence-electron chi connectivity index (χ3n) is 4.96. The number of aryl methyl sites for hydroxylation is 1. The summed E-state index contributed by atoms with van der Waals surface area (Å²) in [5, 5.41) is 12.1. The summed E-state index contributed by atoms with van der Waals surface area (Å²) in [5.74, 6) is 0.134. The Morgan fingerprint density at radius 1 is 1.06 bits per heavy atom. The summed E-state index contributed by atoms with van der Waals surface area (Å²) in [6.45, 7) is 3.20. The maximum Gasteiger partial charge on any atom is 0.267 e. The van der Waals surface area contributed by atoms with Crippen LogP contribution in [0.5, 0.6) is 5.75 Å². The maximum absolute atomic E-state index is 12.8. The first-order valence-electron chi connectivity index (χ1n) is 9.71. The Labute approximate surface area is 182 Å². The van der Waals surface area contributed by atoms with Crippen LogP contribution in [0.1, 0.15) is 5.56 Å². The molecule has 31 heavy (non-hydrogen) atoms. The van der Waals surface area contributed by atoms with E-state index >= 15 is 0 Å². The summed E-state index contributed by atoms with van der Waals surface area (Å²) in [4.78, 5) is 14.5. The largest absolute Gasteiger partial charge is 0.497 e. The normalized spacial score (nSPS) is 15.3. The van der Waals surface area contributed by atoms with E-state index < -0.39 is 15.9 Å². The van der Waals surface area contributed by atoms with Crippen LogP contribution in [0.25, 0.3) is 0 Å². The standard InChI is InChI=1S/C22H24N4O4S/c1-17-3-9-21(10-4-17)31(28,29)26-13-11-25(12-14-26)16-18(15-23)22(27)24-19-5-7-20(30-2)8-6-19/h3-10,16H,11-14H2,1-2H3,(H,24,27)/b18-16-. The van der Waals surface area contributed by atoms with E-state index in [4.69, 9.17) is 4.74 Å². The van der Waals surface area contributed by atoms with Gasteiger partial charge in [-0.3, -0.25) is 4.79 Å². The molecule has 1 saturated heterocycles. The molecule has 2 aromatic rings. The lowest BCUT2D eigenvalue weighted by Gasteiger charge is -2.33. The van der Waals surface area contributed by atoms with Gasteiger partial charge in [0, 0.05) is 38.1 Å². The van der Waals surface area contributed by atoms with Crippen LogP contribution >= 0.6 is 0 Å². The Kier molecular flexibility index (Phi) is 6.95. The maximum atomic E-state index is 12.8. The number of nitriles is 1. The van der Waals surface area contributed by atoms with Gasteiger partial charge in [0.05, 0.1) is 12.0 Å². The van der Waals surface area contributed by atoms with Crippen molar-refractivity contribution in [3.05, 3.63) is 65.9 Å². The lowest BCUT2D eigenvalue weighted by atomic mass is 10.2. The number of benzene rings is 2. The van der Waals surface area contributed by atoms with E-state index in [0.717, 1.165) is 5.56 Å². The molecule has 1 fully saturated rings. The van der Waals surface area contributed by atoms with E-state index in [1.807, 2.05) is 13.0 Å². The predicted octanol–water partition coefficient (Wildman–Crippen LogP) is 2.36. The third-order valence-corrected chi connectivity index (χ3v) is 6.87. The lowest BCUT2D eigenvalue weighted by molar-refractivity contribution is -0.112. The van der Waals surface area contributed by atoms with Crippen LogP contribution in [0.15, 0.2) is 65.2 Å². The first-order chi connectivity index (χ1) is 14.8. The Morgan fingerprint density at radius 3 is 2.23 bits per heavy atom. The minimum Gasteiger partial charge on any atom is -0.497 e. The number of sulfonamides is 1. The number of anilines is 1. The summed E-state index contributed by atoms with van der Waals surface area (Å²) < 4.78 is 32.1. The molecule has 2 aromatic carbocycles. The molecule has 0 aromatic heterocycles. The number of nitrogens with one attached hydrogen (secondary N) is 1. The number of carbonyl (C=O) groups excluding carboxylic acids is 1. The van der Waals surface area contributed by atoms with Crippen molar-refractivity contribution in [1.29, 1.82) is 5.26 Å². The zero-order chi connectivity index (χ0) is 22.4. The highest BCUT2D eigenvalue weighted by Gasteiger charge is 2.28. The van der Waals surface area contributed by atoms with Crippen molar-refractivity contribution in [2.45, 2.75) is 11.8 Å². The highest BCUT2D eigenvalue weighted by molar-refractivity contribution is 7.89. The zero-order valence-electron chi connectivity index (χ0n) is 17.4. The van der Waals surface area contributed by atoms with Gasteiger partial charge in [0.25, 0.3) is 5.91 Å². The summed E-state index contributed by atoms with van der Waals surface area (Å²) >= 11 is 0. The molecule has 3 rings (SSSR count). The number of piperazine rings is 1. The molecular weight excluding hydrogens is 416 g/mol. The van der Waals surface area contributed by atoms with Gasteiger partial charge in [-0.05, 0) is 43.3 Å². The number of hydrogen-bond acceptors (Lipinski definition) is 6. The van der Waals surface area contributed by atoms with Crippen LogP contribution in [-0.2, 0) is 14.8 Å². The molecule has 1 N–H and O–H groups in total. The molecule has 0 atom stereocenters. The molecule has 0 radical (unpaired) electrons. The molecule has 0 saturated carbocycles. The zero-order valence-corrected chi connectivity index (χ0v) is 18.2. The van der Waals surface area contributed by atoms with Crippen molar-refractivity contribution in [1.82, 2.24) is 9.21 Å². The second kappa shape index (κ2) is 9.64. The lowest BCUT2D eigenvalue weighted by Crippen LogP contribution is -2.46. The average molecular weight is 441 g/mol. The quantitative estimate of drug-likeness (QED) is 0.546. The fourth-order valence-corrected chi connectivity index (χ4v) is 4.55. The number of ether oxygens (including phenoxy) is 1. The van der Waals surface area contributed by atoms with E-state index in [0.29, 0.717) is 24.5 Å². The molecule has 0 aliphatic carbocycles. The van der Waals surface area contributed by atoms with Crippen molar-refractivity contribution < 1.29 is 17.9 Å². The highest BCUT2D eigenvalue weighted by atomic mass is 32.2. The van der Waals surface area contributed by atoms with E-state index in [1.165, 1.54) is 10.5 Å². The highest BCUT2D eigenvalue weighted by Crippen LogP contribution is 2.19. The van der Waals surface area contributed by atoms with E-state index in [-0.39, 0.29) is 23.6 Å². The minimum absolute atomic E-state index is 0.0503. The number of carbonyl (C=O) groups is 1. The minimum atomic E-state index is -3.57. The SMILES string of the molecule is COc1ccc(NC(=O)/C(C#N)=C\N2CCN(S(=O)(=O)c3ccc(C)cc3)CC2)cc1. The van der Waals surface area contributed by atoms with Gasteiger partial charge in [-0.25, -0.2) is 8.42 Å². The Balaban J connectivity index is 1.62. The first-order valence-corrected chi connectivity index (χ1v) is 11.2. The Hall–Kier alpha value is -3.35. The monoisotopic (exact) mass is 440 g/mol. The molecule has 8 nitrogen and oxygen atoms in total. The number of amides is 1. The number of nitrogens with zero attached hydrogens (tertiary/aromatic N) is 3. The van der Waals surface area contributed by atoms with Gasteiger partial charge in [-0.15, -0.1) is 0 Å². The molecule has 1 aliphatic rings. The van der Waals surface area contributed by atoms with E-state index in [1.54, 1.807) is 60.5 Å². The second-order valence-electron chi connectivity index (χ2n) is 7.09. The van der Waals surface area contributed by atoms with Crippen LogP contribution < -0.4 is 10.1 Å². The van der Waals surface area contributed by atoms with E-state index in [2.05, 4.69) is 5.32 Å². The van der Waals surface area contributed by atoms with Gasteiger partial charge in [0.1, 0.15) is 17.4 Å². The predicted molar refractivity (Wildman–Crippen MR) is 117 cm³/mol. The van der Waals surface area contributed by atoms with Crippen molar-refractivity contribution in [3.8, 4) is 11.8 Å². The summed E-state index contributed by atoms with van der Waals surface area (Å²) in [6, 6.07) is 15.4. The molecule has 162 valence electrons. The smallest absolute Gasteiger partial charge is 0.267 e. The molecule has 0 spiro atoms. The van der Waals surface area contributed by atoms with Gasteiger partial charge < -0.3 is 15.0 Å². The van der Waals surface area contributed by atoms with Crippen molar-refractivity contribution in [2.75, 3.05) is 38.6 Å². The van der Waals surface area contributed by atoms with Gasteiger partial charge in [-0.1, -0.05) is 17.7 Å². The van der Waals surface area contributed by atoms with Crippen molar-refractivity contribution >= 4 is 21.6 Å². The number of rotatable bonds is 6. The summed E-state index contributed by atoms with van der Waals surface area (Å²) in [5.41, 5.74) is 1.48. The van der Waals surface area contributed by atoms with Gasteiger partial charge in [-0.2, -0.15) is 9.57 Å². The summed E-state index contributed by atoms with van der Waals surface area (Å²) in [6.07, 6.45) is 1.48. The van der Waals surface area contributed by atoms with Gasteiger partial charge in [0.15, 0.2) is 0 Å². The summed E-state index contributed by atoms with van der Waals surface area (Å²) in [7, 11) is -2.02. The molecule has 1 aliphatic heterocycles. The van der Waals surface area contributed by atoms with E-state index in [9.17, 15) is 18.5 Å². The van der Waals surface area contributed by atoms with Gasteiger partial charge in [0.2, 0.25) is 10.0 Å². The fourth-order valence-electron chi connectivity index (χ4n) is 3.13. The van der Waals surface area contributed by atoms with Crippen LogP contribution in [0, 0.1) is 18.3 Å². The molecular formula is C22H24N4O4S. The van der Waals surface area contributed by atoms with Crippen molar-refractivity contribution in [3.63, 3.8) is 0 Å². The molecule has 1 amide bonds. The number of hydrogen-bond donors (Lipinski definition) is 1. The third kappa shape index (κ3) is 5.42. The fraction of sp³-hybridized carbons (Fsp3) is 0.273. The topological polar surface area (TPSA) is 103 Å². The molecule has 0 unspecified atom stereocenters.